The average molecular weight is 547 g/mol. The first kappa shape index (κ1) is 24.4. The van der Waals surface area contributed by atoms with E-state index in [0.29, 0.717) is 0 Å². The molecule has 0 amide bonds. The van der Waals surface area contributed by atoms with Crippen molar-refractivity contribution >= 4 is 43.1 Å². The summed E-state index contributed by atoms with van der Waals surface area (Å²) in [5.41, 5.74) is 10.7. The Morgan fingerprint density at radius 2 is 0.907 bits per heavy atom. The molecule has 0 saturated heterocycles. The van der Waals surface area contributed by atoms with Crippen LogP contribution in [-0.4, -0.2) is 0 Å². The summed E-state index contributed by atoms with van der Waals surface area (Å²) in [6.07, 6.45) is 0. The number of rotatable bonds is 2. The summed E-state index contributed by atoms with van der Waals surface area (Å²) >= 11 is 0. The first-order chi connectivity index (χ1) is 21.1. The first-order valence-electron chi connectivity index (χ1n) is 15.2. The Morgan fingerprint density at radius 1 is 0.372 bits per heavy atom. The lowest BCUT2D eigenvalue weighted by molar-refractivity contribution is 0.666. The second kappa shape index (κ2) is 8.90. The van der Waals surface area contributed by atoms with Crippen LogP contribution >= 0.6 is 0 Å². The molecule has 0 aromatic heterocycles. The third kappa shape index (κ3) is 3.38. The normalized spacial score (nSPS) is 13.5. The van der Waals surface area contributed by atoms with Crippen molar-refractivity contribution in [2.75, 3.05) is 0 Å². The highest BCUT2D eigenvalue weighted by atomic mass is 14.4. The van der Waals surface area contributed by atoms with E-state index in [1.54, 1.807) is 0 Å². The molecule has 0 spiro atoms. The van der Waals surface area contributed by atoms with E-state index < -0.39 is 0 Å². The lowest BCUT2D eigenvalue weighted by atomic mass is 9.79. The first-order valence-corrected chi connectivity index (χ1v) is 15.2. The molecule has 0 fully saturated rings. The molecule has 9 rings (SSSR count). The van der Waals surface area contributed by atoms with Gasteiger partial charge in [0.1, 0.15) is 0 Å². The van der Waals surface area contributed by atoms with Crippen molar-refractivity contribution in [2.24, 2.45) is 0 Å². The third-order valence-electron chi connectivity index (χ3n) is 9.82. The fourth-order valence-electron chi connectivity index (χ4n) is 7.94. The Labute approximate surface area is 251 Å². The fourth-order valence-corrected chi connectivity index (χ4v) is 7.94. The van der Waals surface area contributed by atoms with Gasteiger partial charge in [0, 0.05) is 5.41 Å². The van der Waals surface area contributed by atoms with E-state index in [4.69, 9.17) is 0 Å². The van der Waals surface area contributed by atoms with Crippen LogP contribution in [0.5, 0.6) is 0 Å². The molecular weight excluding hydrogens is 516 g/mol. The van der Waals surface area contributed by atoms with Crippen LogP contribution in [-0.2, 0) is 5.41 Å². The highest BCUT2D eigenvalue weighted by molar-refractivity contribution is 6.23. The van der Waals surface area contributed by atoms with Crippen LogP contribution in [0.3, 0.4) is 0 Å². The van der Waals surface area contributed by atoms with Crippen molar-refractivity contribution in [2.45, 2.75) is 19.3 Å². The lowest BCUT2D eigenvalue weighted by Gasteiger charge is -2.23. The second-order valence-electron chi connectivity index (χ2n) is 12.5. The van der Waals surface area contributed by atoms with E-state index >= 15 is 0 Å². The van der Waals surface area contributed by atoms with Crippen molar-refractivity contribution in [1.82, 2.24) is 0 Å². The van der Waals surface area contributed by atoms with Gasteiger partial charge in [0.05, 0.1) is 0 Å². The molecule has 0 radical (unpaired) electrons. The zero-order chi connectivity index (χ0) is 28.7. The fraction of sp³-hybridized carbons (Fsp3) is 0.0698. The van der Waals surface area contributed by atoms with Gasteiger partial charge in [-0.15, -0.1) is 0 Å². The molecule has 43 heavy (non-hydrogen) atoms. The molecule has 0 heterocycles. The van der Waals surface area contributed by atoms with Crippen molar-refractivity contribution in [3.63, 3.8) is 0 Å². The standard InChI is InChI=1S/C43H30/c1-43(2)39-25-23-29(26-38(39)37-24-22-28-13-4-6-16-31(28)42(37)43)40-33-17-7-9-19-35(33)41(36-20-10-8-18-34(36)40)32-21-11-14-27-12-3-5-15-30(27)32/h3-26H,1-2H3. The van der Waals surface area contributed by atoms with Crippen LogP contribution in [0.15, 0.2) is 146 Å². The zero-order valence-electron chi connectivity index (χ0n) is 24.4. The highest BCUT2D eigenvalue weighted by Gasteiger charge is 2.37. The van der Waals surface area contributed by atoms with Crippen molar-refractivity contribution < 1.29 is 0 Å². The molecule has 0 unspecified atom stereocenters. The van der Waals surface area contributed by atoms with Gasteiger partial charge in [-0.2, -0.15) is 0 Å². The van der Waals surface area contributed by atoms with E-state index in [2.05, 4.69) is 159 Å². The van der Waals surface area contributed by atoms with E-state index in [9.17, 15) is 0 Å². The van der Waals surface area contributed by atoms with Gasteiger partial charge in [0.25, 0.3) is 0 Å². The Morgan fingerprint density at radius 3 is 1.58 bits per heavy atom. The van der Waals surface area contributed by atoms with Crippen molar-refractivity contribution in [3.8, 4) is 33.4 Å². The number of fused-ring (bicyclic) bond motifs is 8. The summed E-state index contributed by atoms with van der Waals surface area (Å²) in [6, 6.07) is 54.1. The summed E-state index contributed by atoms with van der Waals surface area (Å²) in [5.74, 6) is 0. The van der Waals surface area contributed by atoms with Gasteiger partial charge >= 0.3 is 0 Å². The van der Waals surface area contributed by atoms with Gasteiger partial charge in [-0.3, -0.25) is 0 Å². The molecular formula is C43H30. The largest absolute Gasteiger partial charge is 0.0616 e. The maximum atomic E-state index is 2.46. The SMILES string of the molecule is CC1(C)c2ccc(-c3c4ccccc4c(-c4cccc5ccccc45)c4ccccc34)cc2-c2ccc3ccccc3c21. The number of hydrogen-bond donors (Lipinski definition) is 0. The van der Waals surface area contributed by atoms with Crippen LogP contribution in [0.4, 0.5) is 0 Å². The molecule has 0 nitrogen and oxygen atoms in total. The highest BCUT2D eigenvalue weighted by Crippen LogP contribution is 2.53. The van der Waals surface area contributed by atoms with Crippen LogP contribution in [0.2, 0.25) is 0 Å². The van der Waals surface area contributed by atoms with Gasteiger partial charge in [0.15, 0.2) is 0 Å². The Kier molecular flexibility index (Phi) is 5.05. The summed E-state index contributed by atoms with van der Waals surface area (Å²) in [4.78, 5) is 0. The monoisotopic (exact) mass is 546 g/mol. The van der Waals surface area contributed by atoms with Gasteiger partial charge < -0.3 is 0 Å². The average Bonchev–Trinajstić information content (AvgIpc) is 3.29. The number of hydrogen-bond acceptors (Lipinski definition) is 0. The van der Waals surface area contributed by atoms with E-state index in [1.165, 1.54) is 87.6 Å². The Hall–Kier alpha value is -5.20. The molecule has 0 atom stereocenters. The lowest BCUT2D eigenvalue weighted by Crippen LogP contribution is -2.15. The van der Waals surface area contributed by atoms with E-state index in [1.807, 2.05) is 0 Å². The minimum Gasteiger partial charge on any atom is -0.0616 e. The summed E-state index contributed by atoms with van der Waals surface area (Å²) in [7, 11) is 0. The van der Waals surface area contributed by atoms with Gasteiger partial charge in [-0.05, 0) is 93.7 Å². The van der Waals surface area contributed by atoms with Crippen LogP contribution < -0.4 is 0 Å². The quantitative estimate of drug-likeness (QED) is 0.189. The predicted octanol–water partition coefficient (Wildman–Crippen LogP) is 11.9. The minimum absolute atomic E-state index is 0.0631. The molecule has 0 N–H and O–H groups in total. The van der Waals surface area contributed by atoms with E-state index in [-0.39, 0.29) is 5.41 Å². The van der Waals surface area contributed by atoms with Crippen molar-refractivity contribution in [3.05, 3.63) is 157 Å². The maximum absolute atomic E-state index is 2.46. The minimum atomic E-state index is -0.0631. The van der Waals surface area contributed by atoms with Crippen LogP contribution in [0.1, 0.15) is 25.0 Å². The molecule has 8 aromatic rings. The zero-order valence-corrected chi connectivity index (χ0v) is 24.4. The van der Waals surface area contributed by atoms with Gasteiger partial charge in [-0.1, -0.05) is 153 Å². The molecule has 1 aliphatic carbocycles. The molecule has 202 valence electrons. The molecule has 0 aliphatic heterocycles. The summed E-state index contributed by atoms with van der Waals surface area (Å²) in [5, 5.41) is 10.4. The predicted molar refractivity (Wildman–Crippen MR) is 185 cm³/mol. The van der Waals surface area contributed by atoms with Gasteiger partial charge in [-0.25, -0.2) is 0 Å². The molecule has 0 saturated carbocycles. The van der Waals surface area contributed by atoms with Crippen LogP contribution in [0.25, 0.3) is 76.5 Å². The molecule has 1 aliphatic rings. The second-order valence-corrected chi connectivity index (χ2v) is 12.5. The Bertz CT molecular complexity index is 2360. The summed E-state index contributed by atoms with van der Waals surface area (Å²) < 4.78 is 0. The van der Waals surface area contributed by atoms with Crippen molar-refractivity contribution in [1.29, 1.82) is 0 Å². The Balaban J connectivity index is 1.37. The van der Waals surface area contributed by atoms with Gasteiger partial charge in [0.2, 0.25) is 0 Å². The maximum Gasteiger partial charge on any atom is 0.0165 e. The van der Waals surface area contributed by atoms with E-state index in [0.717, 1.165) is 0 Å². The van der Waals surface area contributed by atoms with Crippen LogP contribution in [0, 0.1) is 0 Å². The molecule has 0 heteroatoms. The molecule has 8 aromatic carbocycles. The third-order valence-corrected chi connectivity index (χ3v) is 9.82. The topological polar surface area (TPSA) is 0 Å². The smallest absolute Gasteiger partial charge is 0.0165 e. The molecule has 0 bridgehead atoms. The number of benzene rings is 8. The summed E-state index contributed by atoms with van der Waals surface area (Å²) in [6.45, 7) is 4.76.